The number of hydrogen-bond acceptors (Lipinski definition) is 4. The molecule has 1 saturated heterocycles. The lowest BCUT2D eigenvalue weighted by Gasteiger charge is -2.45. The first-order valence-electron chi connectivity index (χ1n) is 11.2. The van der Waals surface area contributed by atoms with E-state index >= 15 is 0 Å². The van der Waals surface area contributed by atoms with Crippen molar-refractivity contribution in [3.63, 3.8) is 0 Å². The van der Waals surface area contributed by atoms with Gasteiger partial charge in [-0.25, -0.2) is 13.2 Å². The number of carbonyl (C=O) groups is 1. The minimum atomic E-state index is -1.49. The van der Waals surface area contributed by atoms with Crippen molar-refractivity contribution >= 4 is 16.9 Å². The van der Waals surface area contributed by atoms with Gasteiger partial charge in [-0.15, -0.1) is 0 Å². The Morgan fingerprint density at radius 2 is 1.85 bits per heavy atom. The van der Waals surface area contributed by atoms with Gasteiger partial charge in [0, 0.05) is 36.6 Å². The Hall–Kier alpha value is -3.75. The largest absolute Gasteiger partial charge is 0.327 e. The van der Waals surface area contributed by atoms with Gasteiger partial charge in [0.2, 0.25) is 0 Å². The van der Waals surface area contributed by atoms with Crippen molar-refractivity contribution in [2.24, 2.45) is 7.05 Å². The van der Waals surface area contributed by atoms with Gasteiger partial charge < -0.3 is 4.90 Å². The van der Waals surface area contributed by atoms with Crippen molar-refractivity contribution in [2.45, 2.75) is 37.8 Å². The van der Waals surface area contributed by atoms with Gasteiger partial charge in [0.25, 0.3) is 5.91 Å². The minimum Gasteiger partial charge on any atom is -0.327 e. The van der Waals surface area contributed by atoms with Crippen molar-refractivity contribution < 1.29 is 18.0 Å². The van der Waals surface area contributed by atoms with Crippen molar-refractivity contribution in [1.29, 1.82) is 0 Å². The summed E-state index contributed by atoms with van der Waals surface area (Å²) in [5.74, 6) is -4.11. The van der Waals surface area contributed by atoms with Crippen molar-refractivity contribution in [2.75, 3.05) is 0 Å². The molecule has 4 aromatic rings. The summed E-state index contributed by atoms with van der Waals surface area (Å²) in [6.07, 6.45) is 6.23. The average Bonchev–Trinajstić information content (AvgIpc) is 3.16. The molecule has 0 spiro atoms. The van der Waals surface area contributed by atoms with Crippen LogP contribution in [0.1, 0.15) is 46.9 Å². The quantitative estimate of drug-likeness (QED) is 0.403. The molecule has 9 heteroatoms. The van der Waals surface area contributed by atoms with Crippen LogP contribution in [0, 0.1) is 17.5 Å². The summed E-state index contributed by atoms with van der Waals surface area (Å²) in [6, 6.07) is 7.04. The van der Waals surface area contributed by atoms with E-state index in [4.69, 9.17) is 0 Å². The van der Waals surface area contributed by atoms with Crippen LogP contribution in [0.5, 0.6) is 0 Å². The number of aromatic nitrogens is 4. The Bertz CT molecular complexity index is 1440. The molecule has 172 valence electrons. The van der Waals surface area contributed by atoms with E-state index in [1.807, 2.05) is 11.0 Å². The number of amides is 1. The van der Waals surface area contributed by atoms with Gasteiger partial charge in [0.15, 0.2) is 17.5 Å². The van der Waals surface area contributed by atoms with Gasteiger partial charge in [-0.05, 0) is 56.0 Å². The number of halogens is 3. The molecule has 2 bridgehead atoms. The maximum atomic E-state index is 14.0. The number of piperidine rings is 1. The zero-order valence-corrected chi connectivity index (χ0v) is 18.3. The molecule has 3 aromatic heterocycles. The molecule has 0 radical (unpaired) electrons. The van der Waals surface area contributed by atoms with Crippen LogP contribution in [0.2, 0.25) is 0 Å². The lowest BCUT2D eigenvalue weighted by atomic mass is 9.81. The van der Waals surface area contributed by atoms with Crippen molar-refractivity contribution in [1.82, 2.24) is 24.6 Å². The second-order valence-corrected chi connectivity index (χ2v) is 8.87. The van der Waals surface area contributed by atoms with Crippen molar-refractivity contribution in [3.05, 3.63) is 77.0 Å². The standard InChI is InChI=1S/C25H20F3N5O/c1-32-24(13-8-17(26)22(28)18(27)9-13)16-11-15-4-2-6-21(23(16)31-32)33(15)25(34)14-10-20-19(30-12-14)5-3-7-29-20/h3,5,7-10,12,15,21H,2,4,6,11H2,1H3/t15-,21+/m1/s1. The van der Waals surface area contributed by atoms with Crippen LogP contribution in [0.3, 0.4) is 0 Å². The number of rotatable bonds is 2. The van der Waals surface area contributed by atoms with E-state index in [1.54, 1.807) is 36.3 Å². The van der Waals surface area contributed by atoms with Crippen LogP contribution in [-0.2, 0) is 13.5 Å². The number of pyridine rings is 2. The molecule has 2 atom stereocenters. The molecule has 5 heterocycles. The first-order valence-corrected chi connectivity index (χ1v) is 11.2. The van der Waals surface area contributed by atoms with E-state index in [0.29, 0.717) is 28.7 Å². The van der Waals surface area contributed by atoms with Gasteiger partial charge >= 0.3 is 0 Å². The SMILES string of the molecule is Cn1nc2c(c1-c1cc(F)c(F)c(F)c1)C[C@H]1CCC[C@@H]2N1C(=O)c1cnc2cccnc2c1. The second-order valence-electron chi connectivity index (χ2n) is 8.87. The molecule has 1 aromatic carbocycles. The summed E-state index contributed by atoms with van der Waals surface area (Å²) in [4.78, 5) is 24.2. The maximum Gasteiger partial charge on any atom is 0.256 e. The minimum absolute atomic E-state index is 0.0868. The molecule has 1 fully saturated rings. The number of hydrogen-bond donors (Lipinski definition) is 0. The molecule has 34 heavy (non-hydrogen) atoms. The Kier molecular flexibility index (Phi) is 4.68. The average molecular weight is 463 g/mol. The van der Waals surface area contributed by atoms with Gasteiger partial charge in [-0.3, -0.25) is 19.4 Å². The number of benzene rings is 1. The maximum absolute atomic E-state index is 14.0. The molecule has 0 saturated carbocycles. The highest BCUT2D eigenvalue weighted by Crippen LogP contribution is 2.45. The summed E-state index contributed by atoms with van der Waals surface area (Å²) >= 11 is 0. The lowest BCUT2D eigenvalue weighted by Crippen LogP contribution is -2.49. The van der Waals surface area contributed by atoms with Crippen LogP contribution in [0.4, 0.5) is 13.2 Å². The molecular weight excluding hydrogens is 443 g/mol. The second kappa shape index (κ2) is 7.65. The smallest absolute Gasteiger partial charge is 0.256 e. The molecule has 0 N–H and O–H groups in total. The Morgan fingerprint density at radius 3 is 2.65 bits per heavy atom. The third-order valence-corrected chi connectivity index (χ3v) is 6.87. The summed E-state index contributed by atoms with van der Waals surface area (Å²) in [6.45, 7) is 0. The van der Waals surface area contributed by atoms with Gasteiger partial charge in [-0.1, -0.05) is 0 Å². The molecule has 0 unspecified atom stereocenters. The zero-order valence-electron chi connectivity index (χ0n) is 18.3. The summed E-state index contributed by atoms with van der Waals surface area (Å²) < 4.78 is 43.1. The van der Waals surface area contributed by atoms with E-state index in [9.17, 15) is 18.0 Å². The number of nitrogens with zero attached hydrogens (tertiary/aromatic N) is 5. The number of carbonyl (C=O) groups excluding carboxylic acids is 1. The number of fused-ring (bicyclic) bond motifs is 5. The molecule has 2 aliphatic heterocycles. The Morgan fingerprint density at radius 1 is 1.06 bits per heavy atom. The molecular formula is C25H20F3N5O. The fourth-order valence-electron chi connectivity index (χ4n) is 5.42. The predicted molar refractivity (Wildman–Crippen MR) is 118 cm³/mol. The summed E-state index contributed by atoms with van der Waals surface area (Å²) in [5, 5.41) is 4.66. The predicted octanol–water partition coefficient (Wildman–Crippen LogP) is 4.74. The topological polar surface area (TPSA) is 63.9 Å². The van der Waals surface area contributed by atoms with E-state index in [0.717, 1.165) is 42.7 Å². The van der Waals surface area contributed by atoms with E-state index in [1.165, 1.54) is 0 Å². The fraction of sp³-hybridized carbons (Fsp3) is 0.280. The van der Waals surface area contributed by atoms with Crippen LogP contribution < -0.4 is 0 Å². The normalized spacial score (nSPS) is 19.4. The highest BCUT2D eigenvalue weighted by Gasteiger charge is 2.43. The summed E-state index contributed by atoms with van der Waals surface area (Å²) in [5.41, 5.74) is 4.18. The highest BCUT2D eigenvalue weighted by molar-refractivity contribution is 5.97. The van der Waals surface area contributed by atoms with E-state index in [2.05, 4.69) is 15.1 Å². The molecule has 6 rings (SSSR count). The van der Waals surface area contributed by atoms with E-state index < -0.39 is 17.5 Å². The van der Waals surface area contributed by atoms with Crippen LogP contribution in [-0.4, -0.2) is 36.6 Å². The fourth-order valence-corrected chi connectivity index (χ4v) is 5.42. The zero-order chi connectivity index (χ0) is 23.6. The first kappa shape index (κ1) is 20.8. The van der Waals surface area contributed by atoms with Gasteiger partial charge in [0.05, 0.1) is 34.0 Å². The van der Waals surface area contributed by atoms with Crippen LogP contribution >= 0.6 is 0 Å². The monoisotopic (exact) mass is 463 g/mol. The molecule has 6 nitrogen and oxygen atoms in total. The van der Waals surface area contributed by atoms with Gasteiger partial charge in [-0.2, -0.15) is 5.10 Å². The number of aryl methyl sites for hydroxylation is 1. The molecule has 2 aliphatic rings. The van der Waals surface area contributed by atoms with E-state index in [-0.39, 0.29) is 23.6 Å². The lowest BCUT2D eigenvalue weighted by molar-refractivity contribution is 0.0391. The van der Waals surface area contributed by atoms with Gasteiger partial charge in [0.1, 0.15) is 0 Å². The molecule has 0 aliphatic carbocycles. The van der Waals surface area contributed by atoms with Crippen LogP contribution in [0.25, 0.3) is 22.3 Å². The Labute approximate surface area is 193 Å². The first-order chi connectivity index (χ1) is 16.4. The third-order valence-electron chi connectivity index (χ3n) is 6.87. The molecule has 1 amide bonds. The van der Waals surface area contributed by atoms with Crippen molar-refractivity contribution in [3.8, 4) is 11.3 Å². The summed E-state index contributed by atoms with van der Waals surface area (Å²) in [7, 11) is 1.70. The Balaban J connectivity index is 1.42. The highest BCUT2D eigenvalue weighted by atomic mass is 19.2. The third kappa shape index (κ3) is 3.10. The van der Waals surface area contributed by atoms with Crippen LogP contribution in [0.15, 0.2) is 42.7 Å².